The van der Waals surface area contributed by atoms with Crippen LogP contribution in [0.15, 0.2) is 59.8 Å². The molecule has 4 rings (SSSR count). The normalized spacial score (nSPS) is 14.6. The molecule has 1 atom stereocenters. The monoisotopic (exact) mass is 672 g/mol. The molecule has 0 spiro atoms. The third-order valence-electron chi connectivity index (χ3n) is 6.49. The van der Waals surface area contributed by atoms with Gasteiger partial charge in [-0.3, -0.25) is 14.5 Å². The summed E-state index contributed by atoms with van der Waals surface area (Å²) >= 11 is 6.49. The molecule has 0 radical (unpaired) electrons. The fourth-order valence-corrected chi connectivity index (χ4v) is 4.80. The molecule has 1 aliphatic rings. The van der Waals surface area contributed by atoms with E-state index in [2.05, 4.69) is 6.92 Å². The smallest absolute Gasteiger partial charge is 0.507 e. The van der Waals surface area contributed by atoms with Crippen LogP contribution in [0.4, 0.5) is 15.8 Å². The number of aryl methyl sites for hydroxylation is 1. The first-order valence-corrected chi connectivity index (χ1v) is 12.3. The Morgan fingerprint density at radius 3 is 2.33 bits per heavy atom. The van der Waals surface area contributed by atoms with Crippen molar-refractivity contribution in [1.29, 1.82) is 0 Å². The molecular formula is C29H33ClCsFN4O3. The molecule has 0 saturated carbocycles. The molecule has 1 unspecified atom stereocenters. The number of rotatable bonds is 7. The van der Waals surface area contributed by atoms with Crippen LogP contribution < -0.4 is 84.3 Å². The quantitative estimate of drug-likeness (QED) is 0.309. The summed E-state index contributed by atoms with van der Waals surface area (Å²) in [5.41, 5.74) is 2.35. The zero-order valence-electron chi connectivity index (χ0n) is 23.3. The van der Waals surface area contributed by atoms with Crippen LogP contribution in [0.2, 0.25) is 5.02 Å². The maximum atomic E-state index is 14.9. The number of aromatic nitrogens is 1. The average molecular weight is 673 g/mol. The summed E-state index contributed by atoms with van der Waals surface area (Å²) in [5, 5.41) is 11.5. The molecule has 10 heteroatoms. The first-order chi connectivity index (χ1) is 17.6. The van der Waals surface area contributed by atoms with E-state index in [0.717, 1.165) is 19.5 Å². The zero-order valence-corrected chi connectivity index (χ0v) is 30.3. The number of hydrogen-bond acceptors (Lipinski definition) is 5. The summed E-state index contributed by atoms with van der Waals surface area (Å²) in [6.07, 6.45) is 6.50. The minimum Gasteiger partial charge on any atom is -0.507 e. The summed E-state index contributed by atoms with van der Waals surface area (Å²) in [4.78, 5) is 29.6. The third-order valence-corrected chi connectivity index (χ3v) is 6.79. The fourth-order valence-electron chi connectivity index (χ4n) is 4.52. The van der Waals surface area contributed by atoms with Crippen LogP contribution in [0.25, 0.3) is 22.3 Å². The van der Waals surface area contributed by atoms with Crippen molar-refractivity contribution >= 4 is 29.4 Å². The molecular weight excluding hydrogens is 640 g/mol. The van der Waals surface area contributed by atoms with Crippen molar-refractivity contribution in [2.45, 2.75) is 13.3 Å². The molecule has 39 heavy (non-hydrogen) atoms. The van der Waals surface area contributed by atoms with Crippen molar-refractivity contribution in [3.63, 3.8) is 0 Å². The van der Waals surface area contributed by atoms with Crippen LogP contribution in [0.1, 0.15) is 13.3 Å². The summed E-state index contributed by atoms with van der Waals surface area (Å²) in [6, 6.07) is 9.08. The predicted molar refractivity (Wildman–Crippen MR) is 153 cm³/mol. The van der Waals surface area contributed by atoms with E-state index in [0.29, 0.717) is 34.8 Å². The Bertz CT molecular complexity index is 1430. The molecule has 1 fully saturated rings. The second-order valence-corrected chi connectivity index (χ2v) is 10.1. The van der Waals surface area contributed by atoms with Crippen LogP contribution in [-0.2, 0) is 11.8 Å². The Labute approximate surface area is 293 Å². The number of nitrogens with zero attached hydrogens (tertiary/aromatic N) is 4. The fraction of sp³-hybridized carbons (Fsp3) is 0.276. The molecule has 3 aromatic rings. The van der Waals surface area contributed by atoms with E-state index in [9.17, 15) is 19.1 Å². The van der Waals surface area contributed by atoms with Gasteiger partial charge >= 0.3 is 68.9 Å². The number of hydrogen-bond donors (Lipinski definition) is 1. The van der Waals surface area contributed by atoms with Crippen molar-refractivity contribution in [2.24, 2.45) is 13.0 Å². The number of carbonyl (C=O) groups is 1. The Balaban J connectivity index is 0.00000267. The number of phenolic OH excluding ortho intramolecular Hbond substituents is 1. The van der Waals surface area contributed by atoms with Gasteiger partial charge in [0, 0.05) is 69.5 Å². The minimum atomic E-state index is -0.545. The molecule has 1 amide bonds. The Morgan fingerprint density at radius 1 is 1.10 bits per heavy atom. The molecule has 2 aromatic carbocycles. The summed E-state index contributed by atoms with van der Waals surface area (Å²) in [7, 11) is 5.30. The number of amides is 1. The summed E-state index contributed by atoms with van der Waals surface area (Å²) in [5.74, 6) is -0.204. The van der Waals surface area contributed by atoms with E-state index in [1.54, 1.807) is 54.8 Å². The van der Waals surface area contributed by atoms with E-state index in [4.69, 9.17) is 11.6 Å². The Hall–Kier alpha value is -1.73. The van der Waals surface area contributed by atoms with Gasteiger partial charge in [-0.25, -0.2) is 4.39 Å². The van der Waals surface area contributed by atoms with Crippen LogP contribution in [0, 0.1) is 19.2 Å². The molecule has 1 saturated heterocycles. The zero-order chi connectivity index (χ0) is 26.9. The molecule has 1 N–H and O–H groups in total. The largest absolute Gasteiger partial charge is 1.00 e. The van der Waals surface area contributed by atoms with Crippen molar-refractivity contribution in [2.75, 3.05) is 37.0 Å². The maximum absolute atomic E-state index is 14.9. The van der Waals surface area contributed by atoms with Crippen molar-refractivity contribution in [3.8, 4) is 28.0 Å². The minimum absolute atomic E-state index is 0. The van der Waals surface area contributed by atoms with Gasteiger partial charge in [-0.1, -0.05) is 24.6 Å². The molecule has 2 heterocycles. The second kappa shape index (κ2) is 14.3. The van der Waals surface area contributed by atoms with Gasteiger partial charge in [-0.15, -0.1) is 0 Å². The van der Waals surface area contributed by atoms with Gasteiger partial charge in [0.05, 0.1) is 10.7 Å². The van der Waals surface area contributed by atoms with Gasteiger partial charge < -0.3 is 26.9 Å². The number of phenols is 1. The molecule has 202 valence electrons. The average Bonchev–Trinajstić information content (AvgIpc) is 3.29. The van der Waals surface area contributed by atoms with Crippen LogP contribution in [-0.4, -0.2) is 48.2 Å². The van der Waals surface area contributed by atoms with Crippen LogP contribution >= 0.6 is 11.6 Å². The van der Waals surface area contributed by atoms with Crippen molar-refractivity contribution < 1.29 is 83.2 Å². The number of carbonyl (C=O) groups excluding carboxylic acids is 1. The SMILES string of the molecule is CC1CCN(c2cc(-c3cc(F)cc(-c4ccc(N(C=O)/C=C\N(C)C)c(Cl)c4)c3O)cn(C)c2=O)C1.[CH3-].[Cs+]. The van der Waals surface area contributed by atoms with E-state index in [-0.39, 0.29) is 104 Å². The number of anilines is 2. The first-order valence-electron chi connectivity index (χ1n) is 12.0. The van der Waals surface area contributed by atoms with Gasteiger partial charge in [0.15, 0.2) is 0 Å². The van der Waals surface area contributed by atoms with Gasteiger partial charge in [-0.05, 0) is 48.2 Å². The predicted octanol–water partition coefficient (Wildman–Crippen LogP) is 2.51. The van der Waals surface area contributed by atoms with Crippen LogP contribution in [0.5, 0.6) is 5.75 Å². The second-order valence-electron chi connectivity index (χ2n) is 9.66. The molecule has 1 aromatic heterocycles. The van der Waals surface area contributed by atoms with Gasteiger partial charge in [0.25, 0.3) is 5.56 Å². The van der Waals surface area contributed by atoms with E-state index in [1.165, 1.54) is 21.6 Å². The first kappa shape index (κ1) is 33.5. The number of pyridine rings is 1. The summed E-state index contributed by atoms with van der Waals surface area (Å²) in [6.45, 7) is 3.68. The van der Waals surface area contributed by atoms with Crippen molar-refractivity contribution in [3.05, 3.63) is 83.6 Å². The molecule has 1 aliphatic heterocycles. The van der Waals surface area contributed by atoms with E-state index in [1.807, 2.05) is 19.0 Å². The maximum Gasteiger partial charge on any atom is 1.00 e. The van der Waals surface area contributed by atoms with Gasteiger partial charge in [0.1, 0.15) is 17.3 Å². The topological polar surface area (TPSA) is 69.0 Å². The van der Waals surface area contributed by atoms with Gasteiger partial charge in [0.2, 0.25) is 6.41 Å². The van der Waals surface area contributed by atoms with Crippen molar-refractivity contribution in [1.82, 2.24) is 9.47 Å². The number of halogens is 2. The Morgan fingerprint density at radius 2 is 1.77 bits per heavy atom. The van der Waals surface area contributed by atoms with Gasteiger partial charge in [-0.2, -0.15) is 0 Å². The standard InChI is InChI=1S/C28H30ClFN4O3.CH3.Cs/c1-18-7-8-33(15-18)26-12-20(16-32(4)28(26)37)23-14-21(30)13-22(27(23)36)19-5-6-25(24(29)11-19)34(17-35)10-9-31(2)3;;/h5-6,9-14,16-18,36H,7-8,15H2,1-4H3;1H3;/q;-1;+1/b10-9-;;. The number of aromatic hydroxyl groups is 1. The molecule has 7 nitrogen and oxygen atoms in total. The third kappa shape index (κ3) is 7.52. The number of benzene rings is 2. The molecule has 0 aliphatic carbocycles. The van der Waals surface area contributed by atoms with Crippen LogP contribution in [0.3, 0.4) is 0 Å². The van der Waals surface area contributed by atoms with E-state index < -0.39 is 5.82 Å². The molecule has 0 bridgehead atoms. The van der Waals surface area contributed by atoms with E-state index >= 15 is 0 Å². The summed E-state index contributed by atoms with van der Waals surface area (Å²) < 4.78 is 16.3. The Kier molecular flexibility index (Phi) is 12.2.